The SMILES string of the molecule is CCCCCCC[C@@H]1C/C=C/[C@@H](OC2CCCCO2)CCCC(=O)O1. The molecule has 2 aliphatic heterocycles. The van der Waals surface area contributed by atoms with Gasteiger partial charge in [0.05, 0.1) is 6.10 Å². The molecule has 0 aromatic rings. The zero-order valence-corrected chi connectivity index (χ0v) is 15.9. The van der Waals surface area contributed by atoms with Gasteiger partial charge in [-0.3, -0.25) is 4.79 Å². The van der Waals surface area contributed by atoms with Crippen molar-refractivity contribution in [3.05, 3.63) is 12.2 Å². The van der Waals surface area contributed by atoms with E-state index in [1.54, 1.807) is 0 Å². The molecule has 25 heavy (non-hydrogen) atoms. The fourth-order valence-corrected chi connectivity index (χ4v) is 3.50. The van der Waals surface area contributed by atoms with Crippen molar-refractivity contribution in [2.24, 2.45) is 0 Å². The summed E-state index contributed by atoms with van der Waals surface area (Å²) < 4.78 is 17.5. The quantitative estimate of drug-likeness (QED) is 0.338. The van der Waals surface area contributed by atoms with Crippen molar-refractivity contribution in [3.8, 4) is 0 Å². The fourth-order valence-electron chi connectivity index (χ4n) is 3.50. The van der Waals surface area contributed by atoms with Gasteiger partial charge in [-0.1, -0.05) is 44.8 Å². The first-order valence-corrected chi connectivity index (χ1v) is 10.4. The molecule has 0 N–H and O–H groups in total. The summed E-state index contributed by atoms with van der Waals surface area (Å²) in [5.74, 6) is -0.0541. The highest BCUT2D eigenvalue weighted by atomic mass is 16.7. The van der Waals surface area contributed by atoms with Crippen molar-refractivity contribution in [2.75, 3.05) is 6.61 Å². The summed E-state index contributed by atoms with van der Waals surface area (Å²) >= 11 is 0. The van der Waals surface area contributed by atoms with Crippen LogP contribution in [0.15, 0.2) is 12.2 Å². The Morgan fingerprint density at radius 2 is 2.00 bits per heavy atom. The van der Waals surface area contributed by atoms with Crippen LogP contribution < -0.4 is 0 Å². The predicted octanol–water partition coefficient (Wildman–Crippen LogP) is 5.30. The number of ether oxygens (including phenoxy) is 3. The molecule has 4 nitrogen and oxygen atoms in total. The number of cyclic esters (lactones) is 1. The molecule has 1 unspecified atom stereocenters. The average Bonchev–Trinajstić information content (AvgIpc) is 2.62. The van der Waals surface area contributed by atoms with Gasteiger partial charge in [0.1, 0.15) is 6.10 Å². The lowest BCUT2D eigenvalue weighted by molar-refractivity contribution is -0.179. The van der Waals surface area contributed by atoms with Gasteiger partial charge in [-0.05, 0) is 44.9 Å². The standard InChI is InChI=1S/C21H36O4/c1-2-3-4-5-6-11-18-12-9-13-19(14-10-15-20(22)24-18)25-21-16-7-8-17-23-21/h9,13,18-19,21H,2-8,10-12,14-17H2,1H3/b13-9+/t18-,19-,21?/m1/s1. The molecule has 1 saturated heterocycles. The maximum Gasteiger partial charge on any atom is 0.306 e. The van der Waals surface area contributed by atoms with Crippen LogP contribution in [0, 0.1) is 0 Å². The third kappa shape index (κ3) is 8.87. The normalized spacial score (nSPS) is 29.8. The van der Waals surface area contributed by atoms with E-state index in [4.69, 9.17) is 14.2 Å². The van der Waals surface area contributed by atoms with Crippen molar-refractivity contribution >= 4 is 5.97 Å². The molecule has 0 bridgehead atoms. The Morgan fingerprint density at radius 1 is 1.12 bits per heavy atom. The number of hydrogen-bond acceptors (Lipinski definition) is 4. The summed E-state index contributed by atoms with van der Waals surface area (Å²) in [6.45, 7) is 3.03. The number of hydrogen-bond donors (Lipinski definition) is 0. The molecule has 0 saturated carbocycles. The van der Waals surface area contributed by atoms with E-state index in [0.29, 0.717) is 6.42 Å². The number of unbranched alkanes of at least 4 members (excludes halogenated alkanes) is 4. The molecule has 0 radical (unpaired) electrons. The second kappa shape index (κ2) is 12.5. The second-order valence-corrected chi connectivity index (χ2v) is 7.34. The lowest BCUT2D eigenvalue weighted by Gasteiger charge is -2.27. The Morgan fingerprint density at radius 3 is 2.80 bits per heavy atom. The summed E-state index contributed by atoms with van der Waals surface area (Å²) in [4.78, 5) is 12.0. The monoisotopic (exact) mass is 352 g/mol. The Labute approximate surface area is 153 Å². The molecule has 2 aliphatic rings. The lowest BCUT2D eigenvalue weighted by Crippen LogP contribution is -2.27. The van der Waals surface area contributed by atoms with Crippen LogP contribution in [0.5, 0.6) is 0 Å². The topological polar surface area (TPSA) is 44.8 Å². The van der Waals surface area contributed by atoms with E-state index >= 15 is 0 Å². The van der Waals surface area contributed by atoms with Gasteiger partial charge in [-0.15, -0.1) is 0 Å². The highest BCUT2D eigenvalue weighted by Crippen LogP contribution is 2.21. The zero-order valence-electron chi connectivity index (χ0n) is 15.9. The molecular formula is C21H36O4. The predicted molar refractivity (Wildman–Crippen MR) is 99.3 cm³/mol. The van der Waals surface area contributed by atoms with Gasteiger partial charge in [0.2, 0.25) is 0 Å². The number of carbonyl (C=O) groups is 1. The van der Waals surface area contributed by atoms with Crippen LogP contribution >= 0.6 is 0 Å². The van der Waals surface area contributed by atoms with Gasteiger partial charge in [0.15, 0.2) is 6.29 Å². The maximum atomic E-state index is 12.0. The molecule has 0 aliphatic carbocycles. The average molecular weight is 353 g/mol. The minimum Gasteiger partial charge on any atom is -0.462 e. The van der Waals surface area contributed by atoms with E-state index in [1.165, 1.54) is 32.1 Å². The molecule has 144 valence electrons. The van der Waals surface area contributed by atoms with Crippen LogP contribution in [0.3, 0.4) is 0 Å². The van der Waals surface area contributed by atoms with E-state index in [9.17, 15) is 4.79 Å². The molecule has 0 aromatic heterocycles. The Hall–Kier alpha value is -0.870. The van der Waals surface area contributed by atoms with Crippen molar-refractivity contribution in [3.63, 3.8) is 0 Å². The first kappa shape index (κ1) is 20.4. The maximum absolute atomic E-state index is 12.0. The Bertz CT molecular complexity index is 387. The van der Waals surface area contributed by atoms with Gasteiger partial charge in [0.25, 0.3) is 0 Å². The summed E-state index contributed by atoms with van der Waals surface area (Å²) in [7, 11) is 0. The smallest absolute Gasteiger partial charge is 0.306 e. The van der Waals surface area contributed by atoms with Gasteiger partial charge in [-0.2, -0.15) is 0 Å². The van der Waals surface area contributed by atoms with Crippen LogP contribution in [0.25, 0.3) is 0 Å². The third-order valence-corrected chi connectivity index (χ3v) is 5.01. The largest absolute Gasteiger partial charge is 0.462 e. The first-order chi connectivity index (χ1) is 12.3. The molecule has 0 spiro atoms. The molecule has 3 atom stereocenters. The summed E-state index contributed by atoms with van der Waals surface area (Å²) in [6.07, 6.45) is 17.7. The van der Waals surface area contributed by atoms with Crippen LogP contribution in [0.2, 0.25) is 0 Å². The van der Waals surface area contributed by atoms with Gasteiger partial charge < -0.3 is 14.2 Å². The lowest BCUT2D eigenvalue weighted by atomic mass is 10.0. The third-order valence-electron chi connectivity index (χ3n) is 5.01. The Balaban J connectivity index is 1.78. The fraction of sp³-hybridized carbons (Fsp3) is 0.857. The minimum atomic E-state index is -0.0762. The molecule has 0 aromatic carbocycles. The molecule has 2 rings (SSSR count). The summed E-state index contributed by atoms with van der Waals surface area (Å²) in [5, 5.41) is 0. The van der Waals surface area contributed by atoms with Crippen LogP contribution in [-0.2, 0) is 19.0 Å². The molecular weight excluding hydrogens is 316 g/mol. The highest BCUT2D eigenvalue weighted by Gasteiger charge is 2.20. The molecule has 0 amide bonds. The van der Waals surface area contributed by atoms with Crippen LogP contribution in [-0.4, -0.2) is 31.1 Å². The molecule has 1 fully saturated rings. The van der Waals surface area contributed by atoms with E-state index in [0.717, 1.165) is 51.6 Å². The van der Waals surface area contributed by atoms with Crippen LogP contribution in [0.4, 0.5) is 0 Å². The number of rotatable bonds is 8. The van der Waals surface area contributed by atoms with Crippen molar-refractivity contribution < 1.29 is 19.0 Å². The van der Waals surface area contributed by atoms with Crippen molar-refractivity contribution in [2.45, 2.75) is 109 Å². The minimum absolute atomic E-state index is 0.0232. The van der Waals surface area contributed by atoms with E-state index in [2.05, 4.69) is 19.1 Å². The van der Waals surface area contributed by atoms with Gasteiger partial charge in [-0.25, -0.2) is 0 Å². The highest BCUT2D eigenvalue weighted by molar-refractivity contribution is 5.69. The van der Waals surface area contributed by atoms with E-state index in [-0.39, 0.29) is 24.5 Å². The van der Waals surface area contributed by atoms with Crippen LogP contribution in [0.1, 0.15) is 90.4 Å². The molecule has 4 heteroatoms. The van der Waals surface area contributed by atoms with Gasteiger partial charge in [0, 0.05) is 19.4 Å². The number of carbonyl (C=O) groups excluding carboxylic acids is 1. The van der Waals surface area contributed by atoms with E-state index < -0.39 is 0 Å². The van der Waals surface area contributed by atoms with Crippen molar-refractivity contribution in [1.82, 2.24) is 0 Å². The second-order valence-electron chi connectivity index (χ2n) is 7.34. The Kier molecular flexibility index (Phi) is 10.2. The summed E-state index contributed by atoms with van der Waals surface area (Å²) in [5.41, 5.74) is 0. The van der Waals surface area contributed by atoms with Crippen molar-refractivity contribution in [1.29, 1.82) is 0 Å². The summed E-state index contributed by atoms with van der Waals surface area (Å²) in [6, 6.07) is 0. The van der Waals surface area contributed by atoms with E-state index in [1.807, 2.05) is 0 Å². The van der Waals surface area contributed by atoms with Gasteiger partial charge >= 0.3 is 5.97 Å². The number of esters is 1. The molecule has 2 heterocycles. The zero-order chi connectivity index (χ0) is 17.7. The first-order valence-electron chi connectivity index (χ1n) is 10.4.